The minimum atomic E-state index is -1.03. The van der Waals surface area contributed by atoms with Crippen LogP contribution in [0.15, 0.2) is 33.0 Å². The number of amides is 2. The third-order valence-corrected chi connectivity index (χ3v) is 9.36. The van der Waals surface area contributed by atoms with E-state index < -0.39 is 12.1 Å². The topological polar surface area (TPSA) is 149 Å². The van der Waals surface area contributed by atoms with Crippen molar-refractivity contribution >= 4 is 56.7 Å². The Bertz CT molecular complexity index is 1410. The summed E-state index contributed by atoms with van der Waals surface area (Å²) in [5, 5.41) is 9.98. The number of piperidine rings is 1. The molecule has 5 heterocycles. The van der Waals surface area contributed by atoms with Crippen LogP contribution in [0.5, 0.6) is 11.5 Å². The molecule has 38 heavy (non-hydrogen) atoms. The van der Waals surface area contributed by atoms with E-state index in [-0.39, 0.29) is 12.7 Å². The molecule has 0 aliphatic carbocycles. The first-order chi connectivity index (χ1) is 18.4. The van der Waals surface area contributed by atoms with Crippen LogP contribution in [-0.4, -0.2) is 78.9 Å². The van der Waals surface area contributed by atoms with Gasteiger partial charge in [0.25, 0.3) is 0 Å². The number of hydrogen-bond donors (Lipinski definition) is 2. The van der Waals surface area contributed by atoms with E-state index in [4.69, 9.17) is 20.2 Å². The highest BCUT2D eigenvalue weighted by molar-refractivity contribution is 9.10. The number of imidazole rings is 1. The molecular formula is C24H26BrN7O5S. The Hall–Kier alpha value is -3.26. The minimum Gasteiger partial charge on any atom is -0.465 e. The van der Waals surface area contributed by atoms with Crippen molar-refractivity contribution in [1.29, 1.82) is 0 Å². The van der Waals surface area contributed by atoms with Crippen LogP contribution in [0.4, 0.5) is 10.6 Å². The van der Waals surface area contributed by atoms with Crippen LogP contribution >= 0.6 is 27.7 Å². The number of likely N-dealkylation sites (tertiary alicyclic amines) is 2. The van der Waals surface area contributed by atoms with E-state index >= 15 is 0 Å². The van der Waals surface area contributed by atoms with Crippen LogP contribution in [0, 0.1) is 5.92 Å². The molecule has 1 aromatic carbocycles. The Balaban J connectivity index is 1.15. The molecule has 1 atom stereocenters. The predicted octanol–water partition coefficient (Wildman–Crippen LogP) is 3.43. The molecule has 2 saturated heterocycles. The van der Waals surface area contributed by atoms with Gasteiger partial charge >= 0.3 is 6.09 Å². The third kappa shape index (κ3) is 4.59. The zero-order chi connectivity index (χ0) is 26.4. The summed E-state index contributed by atoms with van der Waals surface area (Å²) in [5.41, 5.74) is 7.38. The molecule has 3 aliphatic rings. The van der Waals surface area contributed by atoms with E-state index in [0.717, 1.165) is 33.8 Å². The largest absolute Gasteiger partial charge is 0.465 e. The van der Waals surface area contributed by atoms with E-state index in [1.807, 2.05) is 17.0 Å². The lowest BCUT2D eigenvalue weighted by molar-refractivity contribution is -0.141. The number of rotatable bonds is 6. The average molecular weight is 604 g/mol. The molecule has 3 N–H and O–H groups in total. The highest BCUT2D eigenvalue weighted by atomic mass is 79.9. The second kappa shape index (κ2) is 10.1. The summed E-state index contributed by atoms with van der Waals surface area (Å²) < 4.78 is 14.0. The van der Waals surface area contributed by atoms with E-state index in [9.17, 15) is 14.7 Å². The lowest BCUT2D eigenvalue weighted by Crippen LogP contribution is -2.59. The van der Waals surface area contributed by atoms with Gasteiger partial charge < -0.3 is 29.8 Å². The summed E-state index contributed by atoms with van der Waals surface area (Å²) in [6.07, 6.45) is 3.65. The molecule has 2 amide bonds. The molecule has 12 nitrogen and oxygen atoms in total. The number of carbonyl (C=O) groups excluding carboxylic acids is 1. The predicted molar refractivity (Wildman–Crippen MR) is 141 cm³/mol. The Kier molecular flexibility index (Phi) is 6.68. The van der Waals surface area contributed by atoms with Crippen LogP contribution in [-0.2, 0) is 11.3 Å². The highest BCUT2D eigenvalue weighted by Crippen LogP contribution is 2.43. The van der Waals surface area contributed by atoms with Crippen LogP contribution in [0.2, 0.25) is 0 Å². The highest BCUT2D eigenvalue weighted by Gasteiger charge is 2.40. The Labute approximate surface area is 230 Å². The normalized spacial score (nSPS) is 19.1. The number of nitrogen functional groups attached to an aromatic ring is 1. The summed E-state index contributed by atoms with van der Waals surface area (Å²) in [6, 6.07) is 3.29. The van der Waals surface area contributed by atoms with Gasteiger partial charge in [0.2, 0.25) is 12.7 Å². The second-order valence-corrected chi connectivity index (χ2v) is 11.4. The number of nitrogens with zero attached hydrogens (tertiary/aromatic N) is 6. The van der Waals surface area contributed by atoms with Gasteiger partial charge in [0.05, 0.1) is 0 Å². The number of carboxylic acid groups (broad SMARTS) is 1. The van der Waals surface area contributed by atoms with Crippen molar-refractivity contribution < 1.29 is 24.2 Å². The van der Waals surface area contributed by atoms with Gasteiger partial charge in [-0.25, -0.2) is 19.7 Å². The van der Waals surface area contributed by atoms with E-state index in [0.29, 0.717) is 67.0 Å². The first-order valence-corrected chi connectivity index (χ1v) is 14.0. The van der Waals surface area contributed by atoms with Gasteiger partial charge in [-0.2, -0.15) is 0 Å². The SMILES string of the molecule is Nc1ncnc2c1nc(Sc1cc3c(cc1Br)OCO3)n2CCC1CCN(C(=O)[C@@H]2CCN2C(=O)O)CC1. The molecule has 200 valence electrons. The maximum Gasteiger partial charge on any atom is 0.407 e. The van der Waals surface area contributed by atoms with Crippen LogP contribution in [0.1, 0.15) is 25.7 Å². The molecule has 2 fully saturated rings. The average Bonchev–Trinajstić information content (AvgIpc) is 3.46. The molecule has 3 aromatic rings. The molecule has 0 bridgehead atoms. The van der Waals surface area contributed by atoms with Gasteiger partial charge in [0.15, 0.2) is 33.6 Å². The first-order valence-electron chi connectivity index (χ1n) is 12.4. The number of benzene rings is 1. The lowest BCUT2D eigenvalue weighted by Gasteiger charge is -2.42. The summed E-state index contributed by atoms with van der Waals surface area (Å²) in [6.45, 7) is 2.59. The third-order valence-electron chi connectivity index (χ3n) is 7.39. The Morgan fingerprint density at radius 2 is 1.89 bits per heavy atom. The summed E-state index contributed by atoms with van der Waals surface area (Å²) in [7, 11) is 0. The second-order valence-electron chi connectivity index (χ2n) is 9.55. The van der Waals surface area contributed by atoms with Crippen molar-refractivity contribution in [2.45, 2.75) is 48.3 Å². The van der Waals surface area contributed by atoms with Crippen LogP contribution < -0.4 is 15.2 Å². The lowest BCUT2D eigenvalue weighted by atomic mass is 9.92. The standard InChI is InChI=1S/C24H26BrN7O5S/c25-14-9-16-17(37-12-36-16)10-18(14)38-23-29-19-20(26)27-11-28-21(19)32(23)7-3-13-1-5-30(6-2-13)22(33)15-4-8-31(15)24(34)35/h9-11,13,15H,1-8,12H2,(H,34,35)(H2,26,27,28)/t15-/m0/s1. The number of aryl methyl sites for hydroxylation is 1. The number of aromatic nitrogens is 4. The number of carbonyl (C=O) groups is 2. The number of halogens is 1. The van der Waals surface area contributed by atoms with Gasteiger partial charge in [-0.05, 0) is 59.7 Å². The molecule has 0 unspecified atom stereocenters. The molecule has 14 heteroatoms. The zero-order valence-electron chi connectivity index (χ0n) is 20.4. The fourth-order valence-corrected chi connectivity index (χ4v) is 6.64. The monoisotopic (exact) mass is 603 g/mol. The van der Waals surface area contributed by atoms with Crippen molar-refractivity contribution in [3.8, 4) is 11.5 Å². The summed E-state index contributed by atoms with van der Waals surface area (Å²) in [5.74, 6) is 2.06. The molecule has 2 aromatic heterocycles. The van der Waals surface area contributed by atoms with Gasteiger partial charge in [-0.3, -0.25) is 9.69 Å². The fourth-order valence-electron chi connectivity index (χ4n) is 5.13. The number of anilines is 1. The minimum absolute atomic E-state index is 0.0714. The molecule has 6 rings (SSSR count). The van der Waals surface area contributed by atoms with Crippen molar-refractivity contribution in [1.82, 2.24) is 29.3 Å². The Morgan fingerprint density at radius 1 is 1.13 bits per heavy atom. The van der Waals surface area contributed by atoms with Crippen molar-refractivity contribution in [3.63, 3.8) is 0 Å². The Morgan fingerprint density at radius 3 is 2.61 bits per heavy atom. The molecule has 0 saturated carbocycles. The summed E-state index contributed by atoms with van der Waals surface area (Å²) >= 11 is 5.11. The maximum absolute atomic E-state index is 12.8. The van der Waals surface area contributed by atoms with Crippen LogP contribution in [0.25, 0.3) is 11.2 Å². The molecule has 0 spiro atoms. The summed E-state index contributed by atoms with van der Waals surface area (Å²) in [4.78, 5) is 41.4. The van der Waals surface area contributed by atoms with E-state index in [1.54, 1.807) is 0 Å². The van der Waals surface area contributed by atoms with E-state index in [2.05, 4.69) is 30.5 Å². The smallest absolute Gasteiger partial charge is 0.407 e. The quantitative estimate of drug-likeness (QED) is 0.429. The molecule has 3 aliphatic heterocycles. The van der Waals surface area contributed by atoms with Crippen molar-refractivity contribution in [2.75, 3.05) is 32.2 Å². The number of fused-ring (bicyclic) bond motifs is 2. The number of hydrogen-bond acceptors (Lipinski definition) is 9. The van der Waals surface area contributed by atoms with Crippen molar-refractivity contribution in [2.24, 2.45) is 5.92 Å². The van der Waals surface area contributed by atoms with E-state index in [1.165, 1.54) is 23.0 Å². The number of ether oxygens (including phenoxy) is 2. The van der Waals surface area contributed by atoms with Gasteiger partial charge in [-0.1, -0.05) is 11.8 Å². The number of nitrogens with two attached hydrogens (primary N) is 1. The van der Waals surface area contributed by atoms with Crippen LogP contribution in [0.3, 0.4) is 0 Å². The zero-order valence-corrected chi connectivity index (χ0v) is 22.8. The van der Waals surface area contributed by atoms with Crippen molar-refractivity contribution in [3.05, 3.63) is 22.9 Å². The molecule has 0 radical (unpaired) electrons. The fraction of sp³-hybridized carbons (Fsp3) is 0.458. The maximum atomic E-state index is 12.8. The van der Waals surface area contributed by atoms with Gasteiger partial charge in [0.1, 0.15) is 12.4 Å². The first kappa shape index (κ1) is 25.0. The van der Waals surface area contributed by atoms with Gasteiger partial charge in [0, 0.05) is 35.5 Å². The molecular weight excluding hydrogens is 578 g/mol. The van der Waals surface area contributed by atoms with Gasteiger partial charge in [-0.15, -0.1) is 0 Å².